The summed E-state index contributed by atoms with van der Waals surface area (Å²) in [5, 5.41) is 3.93. The fourth-order valence-electron chi connectivity index (χ4n) is 5.56. The lowest BCUT2D eigenvalue weighted by atomic mass is 9.72. The van der Waals surface area contributed by atoms with Crippen molar-refractivity contribution >= 4 is 39.8 Å². The van der Waals surface area contributed by atoms with E-state index in [-0.39, 0.29) is 11.3 Å². The first-order valence-electron chi connectivity index (χ1n) is 13.2. The van der Waals surface area contributed by atoms with Gasteiger partial charge >= 0.3 is 0 Å². The highest BCUT2D eigenvalue weighted by Crippen LogP contribution is 2.45. The van der Waals surface area contributed by atoms with Crippen molar-refractivity contribution in [3.05, 3.63) is 75.7 Å². The Labute approximate surface area is 219 Å². The molecule has 1 atom stereocenters. The van der Waals surface area contributed by atoms with Crippen LogP contribution in [0.15, 0.2) is 53.5 Å². The molecule has 0 spiro atoms. The number of rotatable bonds is 5. The number of hydrogen-bond donors (Lipinski definition) is 1. The third kappa shape index (κ3) is 5.27. The first-order valence-corrected chi connectivity index (χ1v) is 14.0. The van der Waals surface area contributed by atoms with Gasteiger partial charge < -0.3 is 10.2 Å². The molecule has 1 aliphatic heterocycles. The third-order valence-corrected chi connectivity index (χ3v) is 8.89. The molecule has 5 heteroatoms. The highest BCUT2D eigenvalue weighted by atomic mass is 32.1. The highest BCUT2D eigenvalue weighted by Gasteiger charge is 2.33. The fourth-order valence-corrected chi connectivity index (χ4v) is 6.82. The number of thiophene rings is 1. The number of benzene rings is 2. The Morgan fingerprint density at radius 2 is 1.86 bits per heavy atom. The normalized spacial score (nSPS) is 18.0. The van der Waals surface area contributed by atoms with E-state index < -0.39 is 0 Å². The number of amides is 1. The summed E-state index contributed by atoms with van der Waals surface area (Å²) in [5.41, 5.74) is 6.70. The molecular formula is C31H37N3OS. The van der Waals surface area contributed by atoms with Crippen LogP contribution in [-0.2, 0) is 12.8 Å². The van der Waals surface area contributed by atoms with E-state index in [2.05, 4.69) is 56.1 Å². The molecule has 5 rings (SSSR count). The van der Waals surface area contributed by atoms with Crippen LogP contribution in [0.4, 0.5) is 16.4 Å². The van der Waals surface area contributed by atoms with Gasteiger partial charge in [0.15, 0.2) is 0 Å². The average molecular weight is 500 g/mol. The number of fused-ring (bicyclic) bond motifs is 1. The van der Waals surface area contributed by atoms with Crippen molar-refractivity contribution in [2.75, 3.05) is 23.3 Å². The zero-order valence-electron chi connectivity index (χ0n) is 21.9. The molecule has 188 valence electrons. The van der Waals surface area contributed by atoms with E-state index >= 15 is 0 Å². The van der Waals surface area contributed by atoms with Crippen molar-refractivity contribution in [3.63, 3.8) is 0 Å². The summed E-state index contributed by atoms with van der Waals surface area (Å²) in [5.74, 6) is 0.562. The molecule has 0 radical (unpaired) electrons. The minimum absolute atomic E-state index is 0.0550. The summed E-state index contributed by atoms with van der Waals surface area (Å²) in [4.78, 5) is 22.2. The zero-order chi connectivity index (χ0) is 25.3. The van der Waals surface area contributed by atoms with Crippen molar-refractivity contribution in [2.24, 2.45) is 16.3 Å². The topological polar surface area (TPSA) is 44.7 Å². The van der Waals surface area contributed by atoms with Crippen molar-refractivity contribution in [1.29, 1.82) is 0 Å². The predicted molar refractivity (Wildman–Crippen MR) is 154 cm³/mol. The van der Waals surface area contributed by atoms with Crippen LogP contribution in [0.3, 0.4) is 0 Å². The van der Waals surface area contributed by atoms with Crippen molar-refractivity contribution in [1.82, 2.24) is 0 Å². The number of aryl methyl sites for hydroxylation is 1. The number of nitrogens with one attached hydrogen (secondary N) is 1. The van der Waals surface area contributed by atoms with Crippen LogP contribution in [0.5, 0.6) is 0 Å². The maximum absolute atomic E-state index is 13.5. The van der Waals surface area contributed by atoms with Crippen molar-refractivity contribution in [3.8, 4) is 0 Å². The van der Waals surface area contributed by atoms with E-state index in [1.807, 2.05) is 36.5 Å². The Morgan fingerprint density at radius 1 is 1.11 bits per heavy atom. The lowest BCUT2D eigenvalue weighted by molar-refractivity contribution is 0.102. The standard InChI is InChI=1S/C31H37N3OS/c1-21-18-22(12-15-26(21)34-16-8-9-17-34)20-32-30-28(29(35)33-24-10-6-5-7-11-24)25-14-13-23(31(2,3)4)19-27(25)36-30/h5-7,10-12,15,18,20,23H,8-9,13-14,16-17,19H2,1-4H3,(H,33,35)/t23-/m0/s1. The van der Waals surface area contributed by atoms with Gasteiger partial charge in [0.05, 0.1) is 5.56 Å². The van der Waals surface area contributed by atoms with Gasteiger partial charge in [0, 0.05) is 35.6 Å². The van der Waals surface area contributed by atoms with E-state index in [0.29, 0.717) is 5.92 Å². The van der Waals surface area contributed by atoms with E-state index in [1.54, 1.807) is 11.3 Å². The van der Waals surface area contributed by atoms with E-state index in [1.165, 1.54) is 34.5 Å². The summed E-state index contributed by atoms with van der Waals surface area (Å²) >= 11 is 1.70. The molecule has 1 aromatic heterocycles. The van der Waals surface area contributed by atoms with Crippen LogP contribution in [0.25, 0.3) is 0 Å². The smallest absolute Gasteiger partial charge is 0.259 e. The molecule has 4 nitrogen and oxygen atoms in total. The number of carbonyl (C=O) groups excluding carboxylic acids is 1. The van der Waals surface area contributed by atoms with Crippen molar-refractivity contribution < 1.29 is 4.79 Å². The molecule has 1 N–H and O–H groups in total. The molecular weight excluding hydrogens is 462 g/mol. The molecule has 2 heterocycles. The molecule has 1 saturated heterocycles. The molecule has 0 bridgehead atoms. The zero-order valence-corrected chi connectivity index (χ0v) is 22.8. The monoisotopic (exact) mass is 499 g/mol. The number of nitrogens with zero attached hydrogens (tertiary/aromatic N) is 2. The Bertz CT molecular complexity index is 1260. The van der Waals surface area contributed by atoms with E-state index in [0.717, 1.165) is 54.2 Å². The first kappa shape index (κ1) is 24.8. The Hall–Kier alpha value is -2.92. The van der Waals surface area contributed by atoms with Crippen LogP contribution in [-0.4, -0.2) is 25.2 Å². The molecule has 1 aliphatic carbocycles. The maximum Gasteiger partial charge on any atom is 0.259 e. The van der Waals surface area contributed by atoms with Gasteiger partial charge in [-0.1, -0.05) is 45.0 Å². The summed E-state index contributed by atoms with van der Waals surface area (Å²) < 4.78 is 0. The van der Waals surface area contributed by atoms with Gasteiger partial charge in [-0.2, -0.15) is 0 Å². The second kappa shape index (κ2) is 10.2. The van der Waals surface area contributed by atoms with Crippen LogP contribution in [0, 0.1) is 18.3 Å². The van der Waals surface area contributed by atoms with Crippen LogP contribution < -0.4 is 10.2 Å². The summed E-state index contributed by atoms with van der Waals surface area (Å²) in [7, 11) is 0. The first-order chi connectivity index (χ1) is 17.3. The quantitative estimate of drug-likeness (QED) is 0.364. The second-order valence-electron chi connectivity index (χ2n) is 11.3. The highest BCUT2D eigenvalue weighted by molar-refractivity contribution is 7.16. The Kier molecular flexibility index (Phi) is 7.03. The minimum Gasteiger partial charge on any atom is -0.371 e. The number of anilines is 2. The van der Waals surface area contributed by atoms with Gasteiger partial charge in [-0.25, -0.2) is 4.99 Å². The van der Waals surface area contributed by atoms with Gasteiger partial charge in [-0.15, -0.1) is 11.3 Å². The number of para-hydroxylation sites is 1. The lowest BCUT2D eigenvalue weighted by Gasteiger charge is -2.33. The molecule has 1 fully saturated rings. The van der Waals surface area contributed by atoms with Gasteiger partial charge in [0.25, 0.3) is 5.91 Å². The van der Waals surface area contributed by atoms with Gasteiger partial charge in [0.1, 0.15) is 5.00 Å². The molecule has 2 aliphatic rings. The Balaban J connectivity index is 1.46. The molecule has 3 aromatic rings. The molecule has 0 saturated carbocycles. The number of hydrogen-bond acceptors (Lipinski definition) is 4. The second-order valence-corrected chi connectivity index (χ2v) is 12.4. The van der Waals surface area contributed by atoms with Crippen LogP contribution in [0.1, 0.15) is 72.0 Å². The lowest BCUT2D eigenvalue weighted by Crippen LogP contribution is -2.27. The third-order valence-electron chi connectivity index (χ3n) is 7.73. The number of carbonyl (C=O) groups is 1. The SMILES string of the molecule is Cc1cc(C=Nc2sc3c(c2C(=O)Nc2ccccc2)CC[C@H](C(C)(C)C)C3)ccc1N1CCCC1. The van der Waals surface area contributed by atoms with Gasteiger partial charge in [0.2, 0.25) is 0 Å². The average Bonchev–Trinajstić information content (AvgIpc) is 3.50. The largest absolute Gasteiger partial charge is 0.371 e. The fraction of sp³-hybridized carbons (Fsp3) is 0.419. The van der Waals surface area contributed by atoms with Crippen molar-refractivity contribution in [2.45, 2.75) is 59.8 Å². The minimum atomic E-state index is -0.0550. The Morgan fingerprint density at radius 3 is 2.56 bits per heavy atom. The molecule has 36 heavy (non-hydrogen) atoms. The molecule has 0 unspecified atom stereocenters. The summed E-state index contributed by atoms with van der Waals surface area (Å²) in [6.07, 6.45) is 7.54. The van der Waals surface area contributed by atoms with E-state index in [4.69, 9.17) is 4.99 Å². The van der Waals surface area contributed by atoms with Gasteiger partial charge in [-0.05, 0) is 91.3 Å². The molecule has 2 aromatic carbocycles. The predicted octanol–water partition coefficient (Wildman–Crippen LogP) is 7.81. The maximum atomic E-state index is 13.5. The van der Waals surface area contributed by atoms with E-state index in [9.17, 15) is 4.79 Å². The molecule has 1 amide bonds. The summed E-state index contributed by atoms with van der Waals surface area (Å²) in [6, 6.07) is 16.3. The van der Waals surface area contributed by atoms with Gasteiger partial charge in [-0.3, -0.25) is 4.79 Å². The summed E-state index contributed by atoms with van der Waals surface area (Å²) in [6.45, 7) is 11.4. The van der Waals surface area contributed by atoms with Crippen LogP contribution >= 0.6 is 11.3 Å². The number of aliphatic imine (C=N–C) groups is 1. The van der Waals surface area contributed by atoms with Crippen LogP contribution in [0.2, 0.25) is 0 Å².